The van der Waals surface area contributed by atoms with E-state index < -0.39 is 0 Å². The standard InChI is InChI=1S/C15H19NO/c1-4-8-16-13(5-2)15-10-12-9-11(3)6-7-14(12)17-15/h5-7,9-10,13,16H,2,4,8H2,1,3H3. The van der Waals surface area contributed by atoms with Gasteiger partial charge in [0.1, 0.15) is 11.3 Å². The Bertz CT molecular complexity index is 513. The Hall–Kier alpha value is -1.54. The van der Waals surface area contributed by atoms with Gasteiger partial charge in [-0.15, -0.1) is 6.58 Å². The van der Waals surface area contributed by atoms with Gasteiger partial charge in [-0.3, -0.25) is 0 Å². The summed E-state index contributed by atoms with van der Waals surface area (Å²) in [4.78, 5) is 0. The van der Waals surface area contributed by atoms with Crippen LogP contribution in [-0.4, -0.2) is 6.54 Å². The topological polar surface area (TPSA) is 25.2 Å². The summed E-state index contributed by atoms with van der Waals surface area (Å²) in [5.41, 5.74) is 2.19. The van der Waals surface area contributed by atoms with Crippen molar-refractivity contribution in [2.24, 2.45) is 0 Å². The Kier molecular flexibility index (Phi) is 3.64. The average molecular weight is 229 g/mol. The van der Waals surface area contributed by atoms with Crippen molar-refractivity contribution in [1.29, 1.82) is 0 Å². The molecule has 2 aromatic rings. The number of furan rings is 1. The average Bonchev–Trinajstić information content (AvgIpc) is 2.72. The fourth-order valence-corrected chi connectivity index (χ4v) is 1.94. The highest BCUT2D eigenvalue weighted by Gasteiger charge is 2.12. The SMILES string of the molecule is C=CC(NCCC)c1cc2cc(C)ccc2o1. The van der Waals surface area contributed by atoms with Crippen LogP contribution in [-0.2, 0) is 0 Å². The normalized spacial score (nSPS) is 12.8. The number of benzene rings is 1. The molecule has 90 valence electrons. The fraction of sp³-hybridized carbons (Fsp3) is 0.333. The molecule has 1 unspecified atom stereocenters. The van der Waals surface area contributed by atoms with Gasteiger partial charge in [-0.1, -0.05) is 24.6 Å². The van der Waals surface area contributed by atoms with Gasteiger partial charge in [0.15, 0.2) is 0 Å². The Morgan fingerprint density at radius 1 is 1.41 bits per heavy atom. The van der Waals surface area contributed by atoms with Crippen LogP contribution in [0.1, 0.15) is 30.7 Å². The number of hydrogen-bond acceptors (Lipinski definition) is 2. The van der Waals surface area contributed by atoms with Gasteiger partial charge in [0.25, 0.3) is 0 Å². The molecular weight excluding hydrogens is 210 g/mol. The molecule has 1 atom stereocenters. The van der Waals surface area contributed by atoms with Gasteiger partial charge in [0, 0.05) is 5.39 Å². The van der Waals surface area contributed by atoms with Crippen LogP contribution < -0.4 is 5.32 Å². The van der Waals surface area contributed by atoms with Gasteiger partial charge in [-0.2, -0.15) is 0 Å². The molecule has 0 amide bonds. The van der Waals surface area contributed by atoms with Gasteiger partial charge < -0.3 is 9.73 Å². The molecule has 0 saturated heterocycles. The first-order chi connectivity index (χ1) is 8.24. The zero-order valence-corrected chi connectivity index (χ0v) is 10.5. The minimum Gasteiger partial charge on any atom is -0.459 e. The van der Waals surface area contributed by atoms with Crippen LogP contribution >= 0.6 is 0 Å². The number of nitrogens with one attached hydrogen (secondary N) is 1. The molecule has 0 aliphatic rings. The minimum atomic E-state index is 0.0997. The van der Waals surface area contributed by atoms with Crippen molar-refractivity contribution in [3.05, 3.63) is 48.2 Å². The van der Waals surface area contributed by atoms with Crippen LogP contribution in [0.2, 0.25) is 0 Å². The van der Waals surface area contributed by atoms with Crippen LogP contribution in [0.3, 0.4) is 0 Å². The predicted octanol–water partition coefficient (Wildman–Crippen LogP) is 3.97. The van der Waals surface area contributed by atoms with E-state index in [1.165, 1.54) is 5.56 Å². The molecule has 2 rings (SSSR count). The molecular formula is C15H19NO. The summed E-state index contributed by atoms with van der Waals surface area (Å²) in [6, 6.07) is 8.42. The second kappa shape index (κ2) is 5.19. The van der Waals surface area contributed by atoms with E-state index >= 15 is 0 Å². The molecule has 0 fully saturated rings. The van der Waals surface area contributed by atoms with Crippen molar-refractivity contribution in [1.82, 2.24) is 5.32 Å². The van der Waals surface area contributed by atoms with Crippen LogP contribution in [0.4, 0.5) is 0 Å². The Morgan fingerprint density at radius 3 is 2.94 bits per heavy atom. The lowest BCUT2D eigenvalue weighted by molar-refractivity contribution is 0.478. The van der Waals surface area contributed by atoms with Crippen molar-refractivity contribution in [3.8, 4) is 0 Å². The van der Waals surface area contributed by atoms with Gasteiger partial charge in [0.2, 0.25) is 0 Å². The maximum Gasteiger partial charge on any atom is 0.134 e. The highest BCUT2D eigenvalue weighted by Crippen LogP contribution is 2.25. The number of rotatable bonds is 5. The third-order valence-electron chi connectivity index (χ3n) is 2.85. The van der Waals surface area contributed by atoms with E-state index in [0.717, 1.165) is 29.7 Å². The van der Waals surface area contributed by atoms with Crippen LogP contribution in [0.5, 0.6) is 0 Å². The van der Waals surface area contributed by atoms with Gasteiger partial charge in [-0.05, 0) is 38.1 Å². The van der Waals surface area contributed by atoms with Gasteiger partial charge >= 0.3 is 0 Å². The largest absolute Gasteiger partial charge is 0.459 e. The van der Waals surface area contributed by atoms with Crippen LogP contribution in [0.25, 0.3) is 11.0 Å². The van der Waals surface area contributed by atoms with E-state index in [1.807, 2.05) is 12.1 Å². The first-order valence-corrected chi connectivity index (χ1v) is 6.10. The predicted molar refractivity (Wildman–Crippen MR) is 72.2 cm³/mol. The third-order valence-corrected chi connectivity index (χ3v) is 2.85. The molecule has 0 aliphatic heterocycles. The van der Waals surface area contributed by atoms with E-state index in [4.69, 9.17) is 4.42 Å². The Balaban J connectivity index is 2.30. The molecule has 0 aliphatic carbocycles. The molecule has 0 spiro atoms. The van der Waals surface area contributed by atoms with Crippen LogP contribution in [0, 0.1) is 6.92 Å². The minimum absolute atomic E-state index is 0.0997. The molecule has 2 nitrogen and oxygen atoms in total. The van der Waals surface area contributed by atoms with E-state index in [9.17, 15) is 0 Å². The van der Waals surface area contributed by atoms with E-state index in [2.05, 4.69) is 43.9 Å². The number of hydrogen-bond donors (Lipinski definition) is 1. The highest BCUT2D eigenvalue weighted by molar-refractivity contribution is 5.78. The molecule has 1 aromatic heterocycles. The smallest absolute Gasteiger partial charge is 0.134 e. The maximum absolute atomic E-state index is 5.84. The second-order valence-corrected chi connectivity index (χ2v) is 4.36. The fourth-order valence-electron chi connectivity index (χ4n) is 1.94. The summed E-state index contributed by atoms with van der Waals surface area (Å²) in [5, 5.41) is 4.56. The molecule has 0 radical (unpaired) electrons. The first kappa shape index (κ1) is 11.9. The highest BCUT2D eigenvalue weighted by atomic mass is 16.3. The molecule has 1 aromatic carbocycles. The lowest BCUT2D eigenvalue weighted by Gasteiger charge is -2.10. The number of fused-ring (bicyclic) bond motifs is 1. The van der Waals surface area contributed by atoms with Crippen molar-refractivity contribution in [3.63, 3.8) is 0 Å². The first-order valence-electron chi connectivity index (χ1n) is 6.10. The molecule has 1 heterocycles. The molecule has 2 heteroatoms. The summed E-state index contributed by atoms with van der Waals surface area (Å²) in [6.07, 6.45) is 2.99. The van der Waals surface area contributed by atoms with E-state index in [1.54, 1.807) is 0 Å². The lowest BCUT2D eigenvalue weighted by Crippen LogP contribution is -2.19. The second-order valence-electron chi connectivity index (χ2n) is 4.36. The zero-order chi connectivity index (χ0) is 12.3. The third kappa shape index (κ3) is 2.59. The Morgan fingerprint density at radius 2 is 2.24 bits per heavy atom. The van der Waals surface area contributed by atoms with Crippen molar-refractivity contribution in [2.75, 3.05) is 6.54 Å². The monoisotopic (exact) mass is 229 g/mol. The molecule has 1 N–H and O–H groups in total. The summed E-state index contributed by atoms with van der Waals surface area (Å²) in [7, 11) is 0. The van der Waals surface area contributed by atoms with Crippen LogP contribution in [0.15, 0.2) is 41.3 Å². The summed E-state index contributed by atoms with van der Waals surface area (Å²) < 4.78 is 5.84. The van der Waals surface area contributed by atoms with Crippen molar-refractivity contribution >= 4 is 11.0 Å². The van der Waals surface area contributed by atoms with Crippen molar-refractivity contribution < 1.29 is 4.42 Å². The van der Waals surface area contributed by atoms with E-state index in [0.29, 0.717) is 0 Å². The summed E-state index contributed by atoms with van der Waals surface area (Å²) in [6.45, 7) is 9.06. The van der Waals surface area contributed by atoms with Gasteiger partial charge in [-0.25, -0.2) is 0 Å². The van der Waals surface area contributed by atoms with Crippen molar-refractivity contribution in [2.45, 2.75) is 26.3 Å². The summed E-state index contributed by atoms with van der Waals surface area (Å²) >= 11 is 0. The maximum atomic E-state index is 5.84. The Labute approximate surface area is 102 Å². The lowest BCUT2D eigenvalue weighted by atomic mass is 10.1. The number of aryl methyl sites for hydroxylation is 1. The molecule has 17 heavy (non-hydrogen) atoms. The van der Waals surface area contributed by atoms with E-state index in [-0.39, 0.29) is 6.04 Å². The van der Waals surface area contributed by atoms with Gasteiger partial charge in [0.05, 0.1) is 6.04 Å². The molecule has 0 saturated carbocycles. The zero-order valence-electron chi connectivity index (χ0n) is 10.5. The quantitative estimate of drug-likeness (QED) is 0.785. The molecule has 0 bridgehead atoms. The summed E-state index contributed by atoms with van der Waals surface area (Å²) in [5.74, 6) is 0.939.